The standard InChI is InChI=1S/C21H26BrNO3/c1-12(15-2-4-18(22)5-3-15)23-19(24)11-26-21(25)20-16-7-13-6-14(9-16)10-17(20)8-13/h2-5,12-14,16-17,20H,6-11H2,1H3,(H,23,24)/t12-,13?,14?,16?,17?,20?/m0/s1. The van der Waals surface area contributed by atoms with Gasteiger partial charge >= 0.3 is 5.97 Å². The Labute approximate surface area is 163 Å². The van der Waals surface area contributed by atoms with Crippen LogP contribution in [0.5, 0.6) is 0 Å². The van der Waals surface area contributed by atoms with Crippen molar-refractivity contribution < 1.29 is 14.3 Å². The highest BCUT2D eigenvalue weighted by atomic mass is 79.9. The predicted molar refractivity (Wildman–Crippen MR) is 102 cm³/mol. The molecule has 0 heterocycles. The van der Waals surface area contributed by atoms with Crippen LogP contribution in [0.1, 0.15) is 50.6 Å². The molecule has 4 nitrogen and oxygen atoms in total. The van der Waals surface area contributed by atoms with Gasteiger partial charge in [0.05, 0.1) is 12.0 Å². The molecule has 5 heteroatoms. The van der Waals surface area contributed by atoms with E-state index in [-0.39, 0.29) is 30.4 Å². The third kappa shape index (κ3) is 3.68. The zero-order chi connectivity index (χ0) is 18.3. The van der Waals surface area contributed by atoms with Crippen LogP contribution in [-0.4, -0.2) is 18.5 Å². The van der Waals surface area contributed by atoms with Crippen molar-refractivity contribution in [2.24, 2.45) is 29.6 Å². The summed E-state index contributed by atoms with van der Waals surface area (Å²) in [5.74, 6) is 2.28. The second kappa shape index (κ2) is 7.34. The van der Waals surface area contributed by atoms with E-state index in [1.165, 1.54) is 32.1 Å². The molecule has 4 saturated carbocycles. The number of ether oxygens (including phenoxy) is 1. The topological polar surface area (TPSA) is 55.4 Å². The average molecular weight is 420 g/mol. The third-order valence-electron chi connectivity index (χ3n) is 6.59. The van der Waals surface area contributed by atoms with Gasteiger partial charge in [-0.3, -0.25) is 9.59 Å². The van der Waals surface area contributed by atoms with Gasteiger partial charge in [-0.05, 0) is 80.4 Å². The number of esters is 1. The Morgan fingerprint density at radius 2 is 1.65 bits per heavy atom. The summed E-state index contributed by atoms with van der Waals surface area (Å²) in [6.45, 7) is 1.75. The zero-order valence-electron chi connectivity index (χ0n) is 15.1. The fourth-order valence-corrected chi connectivity index (χ4v) is 5.93. The van der Waals surface area contributed by atoms with E-state index in [0.29, 0.717) is 11.8 Å². The number of carbonyl (C=O) groups is 2. The Hall–Kier alpha value is -1.36. The van der Waals surface area contributed by atoms with Crippen molar-refractivity contribution in [3.05, 3.63) is 34.3 Å². The number of nitrogens with one attached hydrogen (secondary N) is 1. The summed E-state index contributed by atoms with van der Waals surface area (Å²) in [5.41, 5.74) is 1.02. The highest BCUT2D eigenvalue weighted by Crippen LogP contribution is 2.56. The first-order valence-electron chi connectivity index (χ1n) is 9.71. The Bertz CT molecular complexity index is 659. The first-order chi connectivity index (χ1) is 12.5. The maximum absolute atomic E-state index is 12.6. The van der Waals surface area contributed by atoms with Crippen LogP contribution in [0.4, 0.5) is 0 Å². The molecule has 26 heavy (non-hydrogen) atoms. The molecule has 0 aromatic heterocycles. The van der Waals surface area contributed by atoms with Gasteiger partial charge in [-0.2, -0.15) is 0 Å². The minimum absolute atomic E-state index is 0.0273. The van der Waals surface area contributed by atoms with Crippen LogP contribution < -0.4 is 5.32 Å². The summed E-state index contributed by atoms with van der Waals surface area (Å²) in [5, 5.41) is 2.91. The van der Waals surface area contributed by atoms with Gasteiger partial charge in [0.2, 0.25) is 0 Å². The molecule has 4 fully saturated rings. The van der Waals surface area contributed by atoms with E-state index in [1.54, 1.807) is 0 Å². The minimum Gasteiger partial charge on any atom is -0.455 e. The number of benzene rings is 1. The summed E-state index contributed by atoms with van der Waals surface area (Å²) in [6.07, 6.45) is 6.09. The van der Waals surface area contributed by atoms with Crippen LogP contribution >= 0.6 is 15.9 Å². The maximum atomic E-state index is 12.6. The molecule has 140 valence electrons. The van der Waals surface area contributed by atoms with E-state index in [9.17, 15) is 9.59 Å². The summed E-state index contributed by atoms with van der Waals surface area (Å²) in [4.78, 5) is 24.8. The predicted octanol–water partition coefficient (Wildman–Crippen LogP) is 4.24. The van der Waals surface area contributed by atoms with Gasteiger partial charge in [-0.1, -0.05) is 28.1 Å². The minimum atomic E-state index is -0.238. The normalized spacial score (nSPS) is 32.9. The van der Waals surface area contributed by atoms with E-state index in [2.05, 4.69) is 21.2 Å². The van der Waals surface area contributed by atoms with Crippen molar-refractivity contribution in [3.8, 4) is 0 Å². The van der Waals surface area contributed by atoms with Gasteiger partial charge in [0.1, 0.15) is 0 Å². The van der Waals surface area contributed by atoms with Gasteiger partial charge in [-0.15, -0.1) is 0 Å². The highest BCUT2D eigenvalue weighted by molar-refractivity contribution is 9.10. The molecule has 4 aliphatic carbocycles. The van der Waals surface area contributed by atoms with E-state index >= 15 is 0 Å². The van der Waals surface area contributed by atoms with Crippen molar-refractivity contribution in [1.29, 1.82) is 0 Å². The Kier molecular flexibility index (Phi) is 5.09. The number of hydrogen-bond acceptors (Lipinski definition) is 3. The van der Waals surface area contributed by atoms with Crippen LogP contribution in [0.2, 0.25) is 0 Å². The SMILES string of the molecule is C[C@H](NC(=O)COC(=O)C1C2CC3CC(C2)CC1C3)c1ccc(Br)cc1. The number of hydrogen-bond donors (Lipinski definition) is 1. The Morgan fingerprint density at radius 1 is 1.08 bits per heavy atom. The first kappa shape index (κ1) is 18.0. The molecule has 5 rings (SSSR count). The average Bonchev–Trinajstić information content (AvgIpc) is 2.59. The van der Waals surface area contributed by atoms with E-state index in [0.717, 1.165) is 21.9 Å². The summed E-state index contributed by atoms with van der Waals surface area (Å²) < 4.78 is 6.43. The zero-order valence-corrected chi connectivity index (χ0v) is 16.7. The quantitative estimate of drug-likeness (QED) is 0.725. The molecule has 1 amide bonds. The molecule has 0 aliphatic heterocycles. The van der Waals surface area contributed by atoms with Crippen LogP contribution in [0.3, 0.4) is 0 Å². The maximum Gasteiger partial charge on any atom is 0.310 e. The lowest BCUT2D eigenvalue weighted by atomic mass is 9.52. The van der Waals surface area contributed by atoms with Gasteiger partial charge in [0.15, 0.2) is 6.61 Å². The lowest BCUT2D eigenvalue weighted by Gasteiger charge is -2.53. The molecule has 0 radical (unpaired) electrons. The largest absolute Gasteiger partial charge is 0.455 e. The Balaban J connectivity index is 1.28. The Morgan fingerprint density at radius 3 is 2.23 bits per heavy atom. The van der Waals surface area contributed by atoms with Crippen LogP contribution in [0.25, 0.3) is 0 Å². The number of amides is 1. The van der Waals surface area contributed by atoms with E-state index in [4.69, 9.17) is 4.74 Å². The molecule has 1 N–H and O–H groups in total. The second-order valence-electron chi connectivity index (χ2n) is 8.40. The summed E-state index contributed by atoms with van der Waals surface area (Å²) in [6, 6.07) is 7.72. The van der Waals surface area contributed by atoms with Crippen molar-refractivity contribution in [3.63, 3.8) is 0 Å². The molecule has 4 aliphatic rings. The van der Waals surface area contributed by atoms with E-state index < -0.39 is 0 Å². The summed E-state index contributed by atoms with van der Waals surface area (Å²) in [7, 11) is 0. The fraction of sp³-hybridized carbons (Fsp3) is 0.619. The van der Waals surface area contributed by atoms with Gasteiger partial charge < -0.3 is 10.1 Å². The van der Waals surface area contributed by atoms with Crippen molar-refractivity contribution in [2.45, 2.75) is 45.1 Å². The molecule has 0 unspecified atom stereocenters. The second-order valence-corrected chi connectivity index (χ2v) is 9.32. The van der Waals surface area contributed by atoms with Gasteiger partial charge in [0.25, 0.3) is 5.91 Å². The number of rotatable bonds is 5. The van der Waals surface area contributed by atoms with Crippen LogP contribution in [0.15, 0.2) is 28.7 Å². The molecule has 1 atom stereocenters. The van der Waals surface area contributed by atoms with Gasteiger partial charge in [-0.25, -0.2) is 0 Å². The summed E-state index contributed by atoms with van der Waals surface area (Å²) >= 11 is 3.41. The van der Waals surface area contributed by atoms with Crippen LogP contribution in [-0.2, 0) is 14.3 Å². The lowest BCUT2D eigenvalue weighted by Crippen LogP contribution is -2.48. The fourth-order valence-electron chi connectivity index (χ4n) is 5.66. The molecule has 1 aromatic carbocycles. The number of halogens is 1. The third-order valence-corrected chi connectivity index (χ3v) is 7.12. The van der Waals surface area contributed by atoms with Gasteiger partial charge in [0, 0.05) is 4.47 Å². The molecule has 4 bridgehead atoms. The van der Waals surface area contributed by atoms with E-state index in [1.807, 2.05) is 31.2 Å². The molecular formula is C21H26BrNO3. The lowest BCUT2D eigenvalue weighted by molar-refractivity contribution is -0.164. The van der Waals surface area contributed by atoms with Crippen molar-refractivity contribution in [2.75, 3.05) is 6.61 Å². The van der Waals surface area contributed by atoms with Crippen LogP contribution in [0, 0.1) is 29.6 Å². The number of carbonyl (C=O) groups excluding carboxylic acids is 2. The smallest absolute Gasteiger partial charge is 0.310 e. The molecule has 0 saturated heterocycles. The highest BCUT2D eigenvalue weighted by Gasteiger charge is 2.51. The van der Waals surface area contributed by atoms with Crippen molar-refractivity contribution in [1.82, 2.24) is 5.32 Å². The molecule has 0 spiro atoms. The molecular weight excluding hydrogens is 394 g/mol. The van der Waals surface area contributed by atoms with Crippen molar-refractivity contribution >= 4 is 27.8 Å². The first-order valence-corrected chi connectivity index (χ1v) is 10.5. The molecule has 1 aromatic rings. The monoisotopic (exact) mass is 419 g/mol.